The Labute approximate surface area is 104 Å². The highest BCUT2D eigenvalue weighted by atomic mass is 79.9. The van der Waals surface area contributed by atoms with Gasteiger partial charge in [-0.15, -0.1) is 0 Å². The molecule has 0 heterocycles. The first-order valence-electron chi connectivity index (χ1n) is 5.04. The van der Waals surface area contributed by atoms with E-state index in [1.807, 2.05) is 60.7 Å². The van der Waals surface area contributed by atoms with Gasteiger partial charge in [-0.3, -0.25) is 0 Å². The molecule has 2 N–H and O–H groups in total. The molecule has 2 rings (SSSR count). The summed E-state index contributed by atoms with van der Waals surface area (Å²) in [5.41, 5.74) is 8.95. The summed E-state index contributed by atoms with van der Waals surface area (Å²) < 4.78 is 1.06. The zero-order valence-corrected chi connectivity index (χ0v) is 10.3. The van der Waals surface area contributed by atoms with Gasteiger partial charge < -0.3 is 5.73 Å². The first-order valence-corrected chi connectivity index (χ1v) is 5.83. The van der Waals surface area contributed by atoms with E-state index in [2.05, 4.69) is 15.9 Å². The molecule has 0 aliphatic heterocycles. The van der Waals surface area contributed by atoms with Crippen molar-refractivity contribution in [2.75, 3.05) is 0 Å². The molecule has 0 aliphatic rings. The zero-order valence-electron chi connectivity index (χ0n) is 8.73. The van der Waals surface area contributed by atoms with Gasteiger partial charge in [-0.25, -0.2) is 0 Å². The maximum absolute atomic E-state index is 6.02. The van der Waals surface area contributed by atoms with E-state index in [0.717, 1.165) is 21.3 Å². The quantitative estimate of drug-likeness (QED) is 0.826. The lowest BCUT2D eigenvalue weighted by atomic mass is 10.1. The minimum Gasteiger partial charge on any atom is -0.398 e. The third kappa shape index (κ3) is 2.74. The SMILES string of the molecule is NC(=Cc1ccccc1)c1ccc(Br)cc1. The molecule has 0 saturated heterocycles. The van der Waals surface area contributed by atoms with Crippen molar-refractivity contribution in [2.45, 2.75) is 0 Å². The van der Waals surface area contributed by atoms with Crippen LogP contribution in [0.2, 0.25) is 0 Å². The van der Waals surface area contributed by atoms with Crippen LogP contribution in [0.25, 0.3) is 11.8 Å². The third-order valence-corrected chi connectivity index (χ3v) is 2.83. The Bertz CT molecular complexity index is 486. The number of hydrogen-bond acceptors (Lipinski definition) is 1. The Morgan fingerprint density at radius 1 is 0.938 bits per heavy atom. The van der Waals surface area contributed by atoms with Crippen LogP contribution in [-0.2, 0) is 0 Å². The summed E-state index contributed by atoms with van der Waals surface area (Å²) in [6, 6.07) is 18.0. The molecule has 1 nitrogen and oxygen atoms in total. The molecule has 0 fully saturated rings. The zero-order chi connectivity index (χ0) is 11.4. The van der Waals surface area contributed by atoms with E-state index in [0.29, 0.717) is 0 Å². The smallest absolute Gasteiger partial charge is 0.0393 e. The van der Waals surface area contributed by atoms with Crippen LogP contribution < -0.4 is 5.73 Å². The second-order valence-electron chi connectivity index (χ2n) is 3.52. The maximum atomic E-state index is 6.02. The van der Waals surface area contributed by atoms with E-state index in [9.17, 15) is 0 Å². The van der Waals surface area contributed by atoms with Gasteiger partial charge >= 0.3 is 0 Å². The highest BCUT2D eigenvalue weighted by molar-refractivity contribution is 9.10. The Morgan fingerprint density at radius 2 is 1.56 bits per heavy atom. The summed E-state index contributed by atoms with van der Waals surface area (Å²) in [4.78, 5) is 0. The van der Waals surface area contributed by atoms with E-state index in [1.165, 1.54) is 0 Å². The lowest BCUT2D eigenvalue weighted by molar-refractivity contribution is 1.51. The Hall–Kier alpha value is -1.54. The fraction of sp³-hybridized carbons (Fsp3) is 0. The molecule has 16 heavy (non-hydrogen) atoms. The molecule has 2 aromatic rings. The molecular weight excluding hydrogens is 262 g/mol. The van der Waals surface area contributed by atoms with Crippen LogP contribution in [0.15, 0.2) is 59.1 Å². The van der Waals surface area contributed by atoms with Crippen LogP contribution in [-0.4, -0.2) is 0 Å². The molecule has 2 heteroatoms. The van der Waals surface area contributed by atoms with Crippen molar-refractivity contribution in [1.82, 2.24) is 0 Å². The van der Waals surface area contributed by atoms with E-state index >= 15 is 0 Å². The predicted octanol–water partition coefficient (Wildman–Crippen LogP) is 3.91. The second kappa shape index (κ2) is 4.99. The van der Waals surface area contributed by atoms with E-state index < -0.39 is 0 Å². The van der Waals surface area contributed by atoms with Crippen molar-refractivity contribution < 1.29 is 0 Å². The summed E-state index contributed by atoms with van der Waals surface area (Å²) in [5, 5.41) is 0. The Morgan fingerprint density at radius 3 is 2.19 bits per heavy atom. The lowest BCUT2D eigenvalue weighted by Gasteiger charge is -2.02. The molecule has 0 aliphatic carbocycles. The van der Waals surface area contributed by atoms with E-state index in [1.54, 1.807) is 0 Å². The number of rotatable bonds is 2. The molecule has 0 saturated carbocycles. The molecule has 0 bridgehead atoms. The van der Waals surface area contributed by atoms with Crippen molar-refractivity contribution in [1.29, 1.82) is 0 Å². The van der Waals surface area contributed by atoms with Gasteiger partial charge in [-0.05, 0) is 29.3 Å². The van der Waals surface area contributed by atoms with Gasteiger partial charge in [0.1, 0.15) is 0 Å². The fourth-order valence-electron chi connectivity index (χ4n) is 1.45. The largest absolute Gasteiger partial charge is 0.398 e. The van der Waals surface area contributed by atoms with Gasteiger partial charge in [0.25, 0.3) is 0 Å². The summed E-state index contributed by atoms with van der Waals surface area (Å²) >= 11 is 3.40. The van der Waals surface area contributed by atoms with Gasteiger partial charge in [0.2, 0.25) is 0 Å². The van der Waals surface area contributed by atoms with Gasteiger partial charge in [-0.2, -0.15) is 0 Å². The number of halogens is 1. The summed E-state index contributed by atoms with van der Waals surface area (Å²) in [6.45, 7) is 0. The van der Waals surface area contributed by atoms with Crippen molar-refractivity contribution in [2.24, 2.45) is 5.73 Å². The van der Waals surface area contributed by atoms with Crippen molar-refractivity contribution in [3.05, 3.63) is 70.2 Å². The minimum absolute atomic E-state index is 0.777. The average molecular weight is 274 g/mol. The second-order valence-corrected chi connectivity index (χ2v) is 4.43. The summed E-state index contributed by atoms with van der Waals surface area (Å²) in [5.74, 6) is 0. The van der Waals surface area contributed by atoms with Gasteiger partial charge in [-0.1, -0.05) is 58.4 Å². The molecular formula is C14H12BrN. The summed E-state index contributed by atoms with van der Waals surface area (Å²) in [7, 11) is 0. The van der Waals surface area contributed by atoms with Gasteiger partial charge in [0, 0.05) is 10.2 Å². The van der Waals surface area contributed by atoms with Gasteiger partial charge in [0.15, 0.2) is 0 Å². The third-order valence-electron chi connectivity index (χ3n) is 2.30. The number of benzene rings is 2. The molecule has 2 aromatic carbocycles. The van der Waals surface area contributed by atoms with Gasteiger partial charge in [0.05, 0.1) is 0 Å². The molecule has 0 spiro atoms. The highest BCUT2D eigenvalue weighted by Crippen LogP contribution is 2.16. The van der Waals surface area contributed by atoms with Crippen LogP contribution in [0, 0.1) is 0 Å². The molecule has 80 valence electrons. The molecule has 0 radical (unpaired) electrons. The van der Waals surface area contributed by atoms with E-state index in [4.69, 9.17) is 5.73 Å². The predicted molar refractivity (Wildman–Crippen MR) is 72.6 cm³/mol. The normalized spacial score (nSPS) is 11.4. The van der Waals surface area contributed by atoms with Crippen LogP contribution in [0.5, 0.6) is 0 Å². The van der Waals surface area contributed by atoms with Crippen molar-refractivity contribution >= 4 is 27.7 Å². The fourth-order valence-corrected chi connectivity index (χ4v) is 1.72. The molecule has 0 aromatic heterocycles. The first-order chi connectivity index (χ1) is 7.75. The highest BCUT2D eigenvalue weighted by Gasteiger charge is 1.96. The topological polar surface area (TPSA) is 26.0 Å². The summed E-state index contributed by atoms with van der Waals surface area (Å²) in [6.07, 6.45) is 1.98. The standard InChI is InChI=1S/C14H12BrN/c15-13-8-6-12(7-9-13)14(16)10-11-4-2-1-3-5-11/h1-10H,16H2. The minimum atomic E-state index is 0.777. The monoisotopic (exact) mass is 273 g/mol. The van der Waals surface area contributed by atoms with Crippen LogP contribution in [0.4, 0.5) is 0 Å². The van der Waals surface area contributed by atoms with Crippen LogP contribution in [0.1, 0.15) is 11.1 Å². The number of nitrogens with two attached hydrogens (primary N) is 1. The molecule has 0 amide bonds. The molecule has 0 atom stereocenters. The first kappa shape index (κ1) is 11.0. The van der Waals surface area contributed by atoms with Crippen LogP contribution >= 0.6 is 15.9 Å². The maximum Gasteiger partial charge on any atom is 0.0393 e. The Balaban J connectivity index is 2.28. The van der Waals surface area contributed by atoms with Crippen molar-refractivity contribution in [3.8, 4) is 0 Å². The molecule has 0 unspecified atom stereocenters. The van der Waals surface area contributed by atoms with Crippen molar-refractivity contribution in [3.63, 3.8) is 0 Å². The number of hydrogen-bond donors (Lipinski definition) is 1. The van der Waals surface area contributed by atoms with E-state index in [-0.39, 0.29) is 0 Å². The lowest BCUT2D eigenvalue weighted by Crippen LogP contribution is -1.95. The van der Waals surface area contributed by atoms with Crippen LogP contribution in [0.3, 0.4) is 0 Å². The Kier molecular flexibility index (Phi) is 3.42. The average Bonchev–Trinajstić information content (AvgIpc) is 2.31.